The van der Waals surface area contributed by atoms with E-state index in [1.165, 1.54) is 31.2 Å². The van der Waals surface area contributed by atoms with Crippen LogP contribution in [0.3, 0.4) is 0 Å². The second-order valence-corrected chi connectivity index (χ2v) is 6.63. The average Bonchev–Trinajstić information content (AvgIpc) is 2.89. The molecule has 1 aromatic carbocycles. The van der Waals surface area contributed by atoms with E-state index in [2.05, 4.69) is 37.4 Å². The standard InChI is InChI=1S/C17H25NO2/c1-17(2)11-15(18-3)14-9-8-13(10-16(14)20-17)19-12-6-4-5-7-12/h8-10,12,15,18H,4-7,11H2,1-3H3. The minimum atomic E-state index is -0.132. The fourth-order valence-electron chi connectivity index (χ4n) is 3.36. The fraction of sp³-hybridized carbons (Fsp3) is 0.647. The van der Waals surface area contributed by atoms with Gasteiger partial charge in [-0.1, -0.05) is 6.07 Å². The van der Waals surface area contributed by atoms with Crippen LogP contribution in [0.4, 0.5) is 0 Å². The Morgan fingerprint density at radius 1 is 1.25 bits per heavy atom. The minimum Gasteiger partial charge on any atom is -0.490 e. The van der Waals surface area contributed by atoms with Gasteiger partial charge < -0.3 is 14.8 Å². The van der Waals surface area contributed by atoms with Gasteiger partial charge in [0.05, 0.1) is 6.10 Å². The second kappa shape index (κ2) is 5.28. The van der Waals surface area contributed by atoms with Crippen molar-refractivity contribution >= 4 is 0 Å². The summed E-state index contributed by atoms with van der Waals surface area (Å²) < 4.78 is 12.2. The molecular weight excluding hydrogens is 250 g/mol. The maximum absolute atomic E-state index is 6.14. The molecule has 1 atom stereocenters. The number of ether oxygens (including phenoxy) is 2. The smallest absolute Gasteiger partial charge is 0.128 e. The Balaban J connectivity index is 1.83. The SMILES string of the molecule is CNC1CC(C)(C)Oc2cc(OC3CCCC3)ccc21. The number of nitrogens with one attached hydrogen (secondary N) is 1. The summed E-state index contributed by atoms with van der Waals surface area (Å²) in [5.74, 6) is 1.92. The van der Waals surface area contributed by atoms with E-state index in [1.54, 1.807) is 0 Å². The third-order valence-corrected chi connectivity index (χ3v) is 4.40. The third kappa shape index (κ3) is 2.78. The summed E-state index contributed by atoms with van der Waals surface area (Å²) >= 11 is 0. The Kier molecular flexibility index (Phi) is 3.63. The van der Waals surface area contributed by atoms with E-state index in [4.69, 9.17) is 9.47 Å². The van der Waals surface area contributed by atoms with Crippen molar-refractivity contribution in [3.05, 3.63) is 23.8 Å². The molecule has 1 saturated carbocycles. The first-order chi connectivity index (χ1) is 9.57. The van der Waals surface area contributed by atoms with Gasteiger partial charge in [-0.25, -0.2) is 0 Å². The molecule has 1 aromatic rings. The summed E-state index contributed by atoms with van der Waals surface area (Å²) in [5.41, 5.74) is 1.11. The molecule has 1 aliphatic heterocycles. The molecule has 0 saturated heterocycles. The largest absolute Gasteiger partial charge is 0.490 e. The first-order valence-electron chi connectivity index (χ1n) is 7.74. The van der Waals surface area contributed by atoms with Crippen molar-refractivity contribution in [2.24, 2.45) is 0 Å². The lowest BCUT2D eigenvalue weighted by Gasteiger charge is -2.37. The molecule has 0 bridgehead atoms. The highest BCUT2D eigenvalue weighted by Gasteiger charge is 2.33. The molecule has 110 valence electrons. The molecule has 0 aromatic heterocycles. The first kappa shape index (κ1) is 13.7. The van der Waals surface area contributed by atoms with Crippen LogP contribution in [-0.4, -0.2) is 18.8 Å². The first-order valence-corrected chi connectivity index (χ1v) is 7.74. The lowest BCUT2D eigenvalue weighted by molar-refractivity contribution is 0.0668. The molecule has 0 radical (unpaired) electrons. The van der Waals surface area contributed by atoms with Gasteiger partial charge in [-0.2, -0.15) is 0 Å². The monoisotopic (exact) mass is 275 g/mol. The van der Waals surface area contributed by atoms with Crippen LogP contribution in [0.5, 0.6) is 11.5 Å². The molecule has 1 heterocycles. The van der Waals surface area contributed by atoms with Crippen LogP contribution >= 0.6 is 0 Å². The van der Waals surface area contributed by atoms with E-state index < -0.39 is 0 Å². The average molecular weight is 275 g/mol. The van der Waals surface area contributed by atoms with Crippen molar-refractivity contribution in [3.8, 4) is 11.5 Å². The lowest BCUT2D eigenvalue weighted by atomic mass is 9.90. The van der Waals surface area contributed by atoms with Crippen LogP contribution in [0.1, 0.15) is 57.6 Å². The number of fused-ring (bicyclic) bond motifs is 1. The Bertz CT molecular complexity index is 478. The van der Waals surface area contributed by atoms with Gasteiger partial charge in [-0.15, -0.1) is 0 Å². The summed E-state index contributed by atoms with van der Waals surface area (Å²) in [7, 11) is 2.01. The van der Waals surface area contributed by atoms with Crippen molar-refractivity contribution in [2.75, 3.05) is 7.05 Å². The van der Waals surface area contributed by atoms with E-state index in [-0.39, 0.29) is 5.60 Å². The van der Waals surface area contributed by atoms with E-state index in [0.29, 0.717) is 12.1 Å². The van der Waals surface area contributed by atoms with Crippen LogP contribution < -0.4 is 14.8 Å². The summed E-state index contributed by atoms with van der Waals surface area (Å²) in [6.45, 7) is 4.29. The summed E-state index contributed by atoms with van der Waals surface area (Å²) in [6.07, 6.45) is 6.33. The second-order valence-electron chi connectivity index (χ2n) is 6.63. The normalized spacial score (nSPS) is 25.1. The maximum Gasteiger partial charge on any atom is 0.128 e. The van der Waals surface area contributed by atoms with Gasteiger partial charge in [-0.05, 0) is 52.6 Å². The molecule has 0 amide bonds. The predicted octanol–water partition coefficient (Wildman–Crippen LogP) is 3.83. The molecule has 20 heavy (non-hydrogen) atoms. The van der Waals surface area contributed by atoms with Crippen LogP contribution in [0, 0.1) is 0 Å². The Hall–Kier alpha value is -1.22. The highest BCUT2D eigenvalue weighted by Crippen LogP contribution is 2.41. The summed E-state index contributed by atoms with van der Waals surface area (Å²) in [6, 6.07) is 6.66. The molecule has 1 fully saturated rings. The van der Waals surface area contributed by atoms with E-state index in [1.807, 2.05) is 7.05 Å². The summed E-state index contributed by atoms with van der Waals surface area (Å²) in [4.78, 5) is 0. The zero-order valence-corrected chi connectivity index (χ0v) is 12.7. The van der Waals surface area contributed by atoms with Crippen molar-refractivity contribution < 1.29 is 9.47 Å². The molecular formula is C17H25NO2. The number of hydrogen-bond donors (Lipinski definition) is 1. The van der Waals surface area contributed by atoms with Crippen molar-refractivity contribution in [1.82, 2.24) is 5.32 Å². The van der Waals surface area contributed by atoms with Crippen molar-refractivity contribution in [1.29, 1.82) is 0 Å². The van der Waals surface area contributed by atoms with Crippen molar-refractivity contribution in [2.45, 2.75) is 63.7 Å². The van der Waals surface area contributed by atoms with E-state index >= 15 is 0 Å². The van der Waals surface area contributed by atoms with Gasteiger partial charge in [-0.3, -0.25) is 0 Å². The molecule has 2 aliphatic rings. The van der Waals surface area contributed by atoms with Gasteiger partial charge in [0.15, 0.2) is 0 Å². The summed E-state index contributed by atoms with van der Waals surface area (Å²) in [5, 5.41) is 3.39. The van der Waals surface area contributed by atoms with Gasteiger partial charge in [0.1, 0.15) is 17.1 Å². The van der Waals surface area contributed by atoms with E-state index in [9.17, 15) is 0 Å². The minimum absolute atomic E-state index is 0.132. The topological polar surface area (TPSA) is 30.5 Å². The van der Waals surface area contributed by atoms with Gasteiger partial charge in [0.25, 0.3) is 0 Å². The number of hydrogen-bond acceptors (Lipinski definition) is 3. The quantitative estimate of drug-likeness (QED) is 0.909. The van der Waals surface area contributed by atoms with Crippen LogP contribution in [0.2, 0.25) is 0 Å². The molecule has 3 nitrogen and oxygen atoms in total. The molecule has 3 heteroatoms. The van der Waals surface area contributed by atoms with Gasteiger partial charge in [0.2, 0.25) is 0 Å². The Labute approximate surface area is 121 Å². The van der Waals surface area contributed by atoms with Crippen molar-refractivity contribution in [3.63, 3.8) is 0 Å². The zero-order valence-electron chi connectivity index (χ0n) is 12.7. The molecule has 0 spiro atoms. The number of rotatable bonds is 3. The lowest BCUT2D eigenvalue weighted by Crippen LogP contribution is -2.38. The van der Waals surface area contributed by atoms with Crippen LogP contribution in [-0.2, 0) is 0 Å². The number of benzene rings is 1. The predicted molar refractivity (Wildman–Crippen MR) is 80.5 cm³/mol. The molecule has 3 rings (SSSR count). The van der Waals surface area contributed by atoms with Crippen LogP contribution in [0.25, 0.3) is 0 Å². The highest BCUT2D eigenvalue weighted by atomic mass is 16.5. The molecule has 1 aliphatic carbocycles. The van der Waals surface area contributed by atoms with E-state index in [0.717, 1.165) is 17.9 Å². The fourth-order valence-corrected chi connectivity index (χ4v) is 3.36. The Morgan fingerprint density at radius 2 is 2.00 bits per heavy atom. The highest BCUT2D eigenvalue weighted by molar-refractivity contribution is 5.44. The zero-order chi connectivity index (χ0) is 14.2. The van der Waals surface area contributed by atoms with Gasteiger partial charge in [0, 0.05) is 24.1 Å². The van der Waals surface area contributed by atoms with Gasteiger partial charge >= 0.3 is 0 Å². The third-order valence-electron chi connectivity index (χ3n) is 4.40. The maximum atomic E-state index is 6.14. The molecule has 1 N–H and O–H groups in total. The molecule has 1 unspecified atom stereocenters. The Morgan fingerprint density at radius 3 is 2.70 bits per heavy atom. The van der Waals surface area contributed by atoms with Crippen LogP contribution in [0.15, 0.2) is 18.2 Å².